The first kappa shape index (κ1) is 16.5. The topological polar surface area (TPSA) is 53.2 Å². The minimum atomic E-state index is 0.745. The largest absolute Gasteiger partial charge is 0.494 e. The van der Waals surface area contributed by atoms with Crippen LogP contribution in [-0.2, 0) is 6.42 Å². The number of hydrogen-bond acceptors (Lipinski definition) is 2. The van der Waals surface area contributed by atoms with Gasteiger partial charge >= 0.3 is 0 Å². The third kappa shape index (κ3) is 3.37. The molecule has 4 nitrogen and oxygen atoms in total. The monoisotopic (exact) mass is 363 g/mol. The van der Waals surface area contributed by atoms with Crippen molar-refractivity contribution >= 4 is 23.9 Å². The molecule has 2 aromatic heterocycles. The molecule has 0 amide bonds. The third-order valence-electron chi connectivity index (χ3n) is 4.33. The summed E-state index contributed by atoms with van der Waals surface area (Å²) in [6.07, 6.45) is 8.60. The molecule has 0 spiro atoms. The first-order valence-corrected chi connectivity index (χ1v) is 8.71. The molecule has 1 aromatic carbocycles. The summed E-state index contributed by atoms with van der Waals surface area (Å²) in [6, 6.07) is 13.9. The van der Waals surface area contributed by atoms with Crippen molar-refractivity contribution in [2.24, 2.45) is 4.99 Å². The van der Waals surface area contributed by atoms with E-state index < -0.39 is 0 Å². The number of hydrogen-bond donors (Lipinski definition) is 2. The lowest BCUT2D eigenvalue weighted by Gasteiger charge is -2.05. The standard InChI is InChI=1S/C21H18ClN3O/c1-26-21-13-19(17-3-2-9-23-17)25-20(21)12-18-15(8-10-24-18)11-14-4-6-16(22)7-5-14/h2-10,12-13,23,25H,11H2,1H3. The van der Waals surface area contributed by atoms with Crippen LogP contribution in [0.1, 0.15) is 11.3 Å². The number of H-pyrrole nitrogens is 2. The summed E-state index contributed by atoms with van der Waals surface area (Å²) in [5.74, 6) is 0.787. The van der Waals surface area contributed by atoms with Gasteiger partial charge < -0.3 is 14.7 Å². The fraction of sp³-hybridized carbons (Fsp3) is 0.0952. The van der Waals surface area contributed by atoms with Gasteiger partial charge in [-0.3, -0.25) is 4.99 Å². The summed E-state index contributed by atoms with van der Waals surface area (Å²) < 4.78 is 5.53. The Morgan fingerprint density at radius 3 is 2.73 bits per heavy atom. The first-order chi connectivity index (χ1) is 12.7. The minimum absolute atomic E-state index is 0.745. The summed E-state index contributed by atoms with van der Waals surface area (Å²) in [6.45, 7) is 0. The number of nitrogens with one attached hydrogen (secondary N) is 2. The molecule has 26 heavy (non-hydrogen) atoms. The third-order valence-corrected chi connectivity index (χ3v) is 4.58. The number of rotatable bonds is 5. The van der Waals surface area contributed by atoms with Crippen molar-refractivity contribution in [2.45, 2.75) is 6.42 Å². The van der Waals surface area contributed by atoms with Crippen LogP contribution in [0.25, 0.3) is 17.5 Å². The number of aromatic nitrogens is 2. The van der Waals surface area contributed by atoms with Crippen LogP contribution in [0.2, 0.25) is 5.02 Å². The molecule has 0 fully saturated rings. The fourth-order valence-electron chi connectivity index (χ4n) is 2.98. The SMILES string of the molecule is COc1cc(-c2ccc[nH]2)[nH]c1C=C1N=CC=C1Cc1ccc(Cl)cc1. The highest BCUT2D eigenvalue weighted by atomic mass is 35.5. The number of methoxy groups -OCH3 is 1. The minimum Gasteiger partial charge on any atom is -0.494 e. The predicted molar refractivity (Wildman–Crippen MR) is 107 cm³/mol. The molecule has 3 heterocycles. The van der Waals surface area contributed by atoms with Gasteiger partial charge in [0.2, 0.25) is 0 Å². The number of benzene rings is 1. The summed E-state index contributed by atoms with van der Waals surface area (Å²) in [4.78, 5) is 11.1. The van der Waals surface area contributed by atoms with Gasteiger partial charge in [0, 0.05) is 23.5 Å². The van der Waals surface area contributed by atoms with E-state index in [2.05, 4.69) is 15.0 Å². The normalized spacial score (nSPS) is 14.8. The zero-order valence-electron chi connectivity index (χ0n) is 14.3. The summed E-state index contributed by atoms with van der Waals surface area (Å²) in [5.41, 5.74) is 6.17. The van der Waals surface area contributed by atoms with Crippen LogP contribution in [0.5, 0.6) is 5.75 Å². The van der Waals surface area contributed by atoms with Gasteiger partial charge in [-0.2, -0.15) is 0 Å². The molecule has 1 aliphatic rings. The Morgan fingerprint density at radius 1 is 1.15 bits per heavy atom. The maximum absolute atomic E-state index is 5.97. The Morgan fingerprint density at radius 2 is 2.00 bits per heavy atom. The average Bonchev–Trinajstić information content (AvgIpc) is 3.38. The van der Waals surface area contributed by atoms with Crippen molar-refractivity contribution in [3.8, 4) is 17.1 Å². The van der Waals surface area contributed by atoms with Crippen LogP contribution in [0, 0.1) is 0 Å². The van der Waals surface area contributed by atoms with Gasteiger partial charge in [0.25, 0.3) is 0 Å². The molecule has 0 aliphatic carbocycles. The summed E-state index contributed by atoms with van der Waals surface area (Å²) >= 11 is 5.97. The number of aromatic amines is 2. The zero-order chi connectivity index (χ0) is 17.9. The number of allylic oxidation sites excluding steroid dienone is 2. The van der Waals surface area contributed by atoms with Crippen molar-refractivity contribution in [1.82, 2.24) is 9.97 Å². The molecular weight excluding hydrogens is 346 g/mol. The van der Waals surface area contributed by atoms with Gasteiger partial charge in [-0.15, -0.1) is 0 Å². The molecule has 0 unspecified atom stereocenters. The van der Waals surface area contributed by atoms with E-state index in [0.29, 0.717) is 0 Å². The van der Waals surface area contributed by atoms with Crippen LogP contribution in [-0.4, -0.2) is 23.3 Å². The molecular formula is C21H18ClN3O. The highest BCUT2D eigenvalue weighted by Gasteiger charge is 2.14. The smallest absolute Gasteiger partial charge is 0.144 e. The van der Waals surface area contributed by atoms with Gasteiger partial charge in [0.05, 0.1) is 29.9 Å². The van der Waals surface area contributed by atoms with E-state index in [0.717, 1.165) is 45.5 Å². The van der Waals surface area contributed by atoms with Crippen molar-refractivity contribution in [3.05, 3.63) is 82.3 Å². The van der Waals surface area contributed by atoms with Crippen molar-refractivity contribution in [3.63, 3.8) is 0 Å². The van der Waals surface area contributed by atoms with E-state index in [1.54, 1.807) is 7.11 Å². The van der Waals surface area contributed by atoms with Crippen LogP contribution in [0.3, 0.4) is 0 Å². The zero-order valence-corrected chi connectivity index (χ0v) is 15.0. The van der Waals surface area contributed by atoms with Crippen LogP contribution >= 0.6 is 11.6 Å². The maximum atomic E-state index is 5.97. The lowest BCUT2D eigenvalue weighted by Crippen LogP contribution is -1.92. The molecule has 3 aromatic rings. The van der Waals surface area contributed by atoms with Gasteiger partial charge in [0.15, 0.2) is 0 Å². The van der Waals surface area contributed by atoms with Crippen molar-refractivity contribution in [2.75, 3.05) is 7.11 Å². The summed E-state index contributed by atoms with van der Waals surface area (Å²) in [5, 5.41) is 0.745. The highest BCUT2D eigenvalue weighted by molar-refractivity contribution is 6.30. The molecule has 0 radical (unpaired) electrons. The Labute approximate surface area is 156 Å². The Balaban J connectivity index is 1.62. The van der Waals surface area contributed by atoms with Crippen LogP contribution in [0.4, 0.5) is 0 Å². The fourth-order valence-corrected chi connectivity index (χ4v) is 3.11. The predicted octanol–water partition coefficient (Wildman–Crippen LogP) is 5.27. The van der Waals surface area contributed by atoms with Gasteiger partial charge in [-0.05, 0) is 54.0 Å². The Bertz CT molecular complexity index is 993. The number of aliphatic imine (C=N–C) groups is 1. The lowest BCUT2D eigenvalue weighted by atomic mass is 10.0. The number of nitrogens with zero attached hydrogens (tertiary/aromatic N) is 1. The molecule has 130 valence electrons. The van der Waals surface area contributed by atoms with E-state index in [1.165, 1.54) is 5.56 Å². The molecule has 0 saturated carbocycles. The van der Waals surface area contributed by atoms with Crippen molar-refractivity contribution in [1.29, 1.82) is 0 Å². The molecule has 2 N–H and O–H groups in total. The van der Waals surface area contributed by atoms with E-state index in [-0.39, 0.29) is 0 Å². The quantitative estimate of drug-likeness (QED) is 0.637. The molecule has 1 aliphatic heterocycles. The number of halogens is 1. The Kier molecular flexibility index (Phi) is 4.50. The Hall–Kier alpha value is -2.98. The van der Waals surface area contributed by atoms with Crippen LogP contribution < -0.4 is 4.74 Å². The van der Waals surface area contributed by atoms with E-state index >= 15 is 0 Å². The van der Waals surface area contributed by atoms with Crippen LogP contribution in [0.15, 0.2) is 71.0 Å². The van der Waals surface area contributed by atoms with Crippen molar-refractivity contribution < 1.29 is 4.74 Å². The molecule has 5 heteroatoms. The summed E-state index contributed by atoms with van der Waals surface area (Å²) in [7, 11) is 1.67. The molecule has 4 rings (SSSR count). The number of ether oxygens (including phenoxy) is 1. The van der Waals surface area contributed by atoms with Gasteiger partial charge in [-0.25, -0.2) is 0 Å². The van der Waals surface area contributed by atoms with E-state index in [4.69, 9.17) is 16.3 Å². The first-order valence-electron chi connectivity index (χ1n) is 8.33. The molecule has 0 saturated heterocycles. The molecule has 0 bridgehead atoms. The van der Waals surface area contributed by atoms with E-state index in [1.807, 2.05) is 67.0 Å². The second-order valence-electron chi connectivity index (χ2n) is 6.05. The van der Waals surface area contributed by atoms with Gasteiger partial charge in [-0.1, -0.05) is 23.7 Å². The van der Waals surface area contributed by atoms with E-state index in [9.17, 15) is 0 Å². The second-order valence-corrected chi connectivity index (χ2v) is 6.49. The highest BCUT2D eigenvalue weighted by Crippen LogP contribution is 2.31. The lowest BCUT2D eigenvalue weighted by molar-refractivity contribution is 0.414. The average molecular weight is 364 g/mol. The second kappa shape index (κ2) is 7.10. The van der Waals surface area contributed by atoms with Gasteiger partial charge in [0.1, 0.15) is 5.75 Å². The maximum Gasteiger partial charge on any atom is 0.144 e. The molecule has 0 atom stereocenters.